The molecule has 2 N–H and O–H groups in total. The third kappa shape index (κ3) is 5.03. The van der Waals surface area contributed by atoms with Crippen molar-refractivity contribution in [1.29, 1.82) is 0 Å². The molecule has 2 unspecified atom stereocenters. The number of halogens is 1. The molecule has 1 fully saturated rings. The van der Waals surface area contributed by atoms with Gasteiger partial charge in [-0.15, -0.1) is 0 Å². The summed E-state index contributed by atoms with van der Waals surface area (Å²) in [6.45, 7) is 2.18. The zero-order valence-corrected chi connectivity index (χ0v) is 17.5. The number of aromatic nitrogens is 1. The van der Waals surface area contributed by atoms with E-state index >= 15 is 0 Å². The van der Waals surface area contributed by atoms with Gasteiger partial charge in [0.1, 0.15) is 11.6 Å². The van der Waals surface area contributed by atoms with E-state index in [1.54, 1.807) is 12.1 Å². The Morgan fingerprint density at radius 1 is 1.32 bits per heavy atom. The number of carbonyl (C=O) groups is 2. The highest BCUT2D eigenvalue weighted by atomic mass is 19.1. The first-order chi connectivity index (χ1) is 15.0. The normalized spacial score (nSPS) is 19.1. The van der Waals surface area contributed by atoms with Crippen LogP contribution in [0.2, 0.25) is 0 Å². The molecule has 0 aliphatic carbocycles. The van der Waals surface area contributed by atoms with Gasteiger partial charge >= 0.3 is 5.97 Å². The molecule has 1 amide bonds. The number of carboxylic acids is 1. The second kappa shape index (κ2) is 9.45. The highest BCUT2D eigenvalue weighted by Gasteiger charge is 2.38. The van der Waals surface area contributed by atoms with Crippen molar-refractivity contribution in [3.63, 3.8) is 0 Å². The molecular formula is C24H28FN3O3. The Balaban J connectivity index is 1.37. The summed E-state index contributed by atoms with van der Waals surface area (Å²) in [5.41, 5.74) is 2.85. The van der Waals surface area contributed by atoms with Gasteiger partial charge in [-0.05, 0) is 61.4 Å². The van der Waals surface area contributed by atoms with Crippen molar-refractivity contribution >= 4 is 17.7 Å². The number of anilines is 1. The summed E-state index contributed by atoms with van der Waals surface area (Å²) >= 11 is 0. The Kier molecular flexibility index (Phi) is 6.49. The fraction of sp³-hybridized carbons (Fsp3) is 0.458. The van der Waals surface area contributed by atoms with Gasteiger partial charge in [0.15, 0.2) is 0 Å². The monoisotopic (exact) mass is 425 g/mol. The number of aryl methyl sites for hydroxylation is 2. The number of carbonyl (C=O) groups excluding carboxylic acids is 1. The number of nitrogens with zero attached hydrogens (tertiary/aromatic N) is 2. The van der Waals surface area contributed by atoms with Crippen molar-refractivity contribution in [2.75, 3.05) is 25.0 Å². The summed E-state index contributed by atoms with van der Waals surface area (Å²) < 4.78 is 13.7. The van der Waals surface area contributed by atoms with E-state index in [1.807, 2.05) is 4.90 Å². The predicted octanol–water partition coefficient (Wildman–Crippen LogP) is 3.62. The van der Waals surface area contributed by atoms with Crippen LogP contribution >= 0.6 is 0 Å². The van der Waals surface area contributed by atoms with Gasteiger partial charge in [0.25, 0.3) is 0 Å². The molecule has 6 nitrogen and oxygen atoms in total. The summed E-state index contributed by atoms with van der Waals surface area (Å²) in [6.07, 6.45) is 4.18. The lowest BCUT2D eigenvalue weighted by Crippen LogP contribution is -2.31. The molecule has 2 aromatic rings. The minimum atomic E-state index is -0.979. The molecule has 1 saturated heterocycles. The molecule has 0 saturated carbocycles. The van der Waals surface area contributed by atoms with Crippen LogP contribution in [0.4, 0.5) is 10.2 Å². The van der Waals surface area contributed by atoms with E-state index in [0.717, 1.165) is 43.7 Å². The van der Waals surface area contributed by atoms with Crippen LogP contribution in [0.5, 0.6) is 0 Å². The molecule has 3 heterocycles. The second-order valence-electron chi connectivity index (χ2n) is 8.42. The number of carboxylic acid groups (broad SMARTS) is 1. The summed E-state index contributed by atoms with van der Waals surface area (Å²) in [4.78, 5) is 31.0. The second-order valence-corrected chi connectivity index (χ2v) is 8.42. The number of hydrogen-bond donors (Lipinski definition) is 2. The molecule has 0 spiro atoms. The third-order valence-electron chi connectivity index (χ3n) is 6.31. The maximum absolute atomic E-state index is 13.7. The first kappa shape index (κ1) is 21.3. The lowest BCUT2D eigenvalue weighted by molar-refractivity contribution is -0.138. The zero-order chi connectivity index (χ0) is 21.8. The Labute approximate surface area is 181 Å². The topological polar surface area (TPSA) is 82.5 Å². The highest BCUT2D eigenvalue weighted by Crippen LogP contribution is 2.36. The van der Waals surface area contributed by atoms with Crippen LogP contribution in [0.15, 0.2) is 36.4 Å². The number of amides is 1. The van der Waals surface area contributed by atoms with Gasteiger partial charge < -0.3 is 15.3 Å². The summed E-state index contributed by atoms with van der Waals surface area (Å²) in [6, 6.07) is 10.1. The van der Waals surface area contributed by atoms with Crippen LogP contribution in [0.3, 0.4) is 0 Å². The molecule has 7 heteroatoms. The average Bonchev–Trinajstić information content (AvgIpc) is 3.12. The molecule has 1 aromatic carbocycles. The SMILES string of the molecule is O=C(O)CC(c1cccc(F)c1)C1CCN(CCCc2ccc3c(n2)NCCC3)C1=O. The van der Waals surface area contributed by atoms with E-state index in [0.29, 0.717) is 25.1 Å². The summed E-state index contributed by atoms with van der Waals surface area (Å²) in [7, 11) is 0. The molecule has 0 radical (unpaired) electrons. The van der Waals surface area contributed by atoms with E-state index in [4.69, 9.17) is 4.98 Å². The van der Waals surface area contributed by atoms with Crippen molar-refractivity contribution in [2.24, 2.45) is 5.92 Å². The summed E-state index contributed by atoms with van der Waals surface area (Å²) in [5.74, 6) is -1.39. The molecule has 1 aromatic heterocycles. The zero-order valence-electron chi connectivity index (χ0n) is 17.5. The van der Waals surface area contributed by atoms with E-state index in [9.17, 15) is 19.1 Å². The molecule has 164 valence electrons. The van der Waals surface area contributed by atoms with Crippen LogP contribution < -0.4 is 5.32 Å². The Bertz CT molecular complexity index is 965. The molecule has 2 atom stereocenters. The Hall–Kier alpha value is -2.96. The number of aliphatic carboxylic acids is 1. The van der Waals surface area contributed by atoms with Crippen LogP contribution in [-0.2, 0) is 22.4 Å². The maximum Gasteiger partial charge on any atom is 0.303 e. The largest absolute Gasteiger partial charge is 0.481 e. The van der Waals surface area contributed by atoms with Gasteiger partial charge in [-0.25, -0.2) is 9.37 Å². The number of benzene rings is 1. The summed E-state index contributed by atoms with van der Waals surface area (Å²) in [5, 5.41) is 12.7. The molecular weight excluding hydrogens is 397 g/mol. The molecule has 2 aliphatic heterocycles. The number of pyridine rings is 1. The Morgan fingerprint density at radius 2 is 2.19 bits per heavy atom. The van der Waals surface area contributed by atoms with Crippen molar-refractivity contribution < 1.29 is 19.1 Å². The molecule has 2 aliphatic rings. The number of rotatable bonds is 8. The Morgan fingerprint density at radius 3 is 3.00 bits per heavy atom. The molecule has 4 rings (SSSR count). The van der Waals surface area contributed by atoms with Gasteiger partial charge in [-0.1, -0.05) is 18.2 Å². The molecule has 0 bridgehead atoms. The lowest BCUT2D eigenvalue weighted by atomic mass is 9.82. The smallest absolute Gasteiger partial charge is 0.303 e. The van der Waals surface area contributed by atoms with Crippen molar-refractivity contribution in [3.8, 4) is 0 Å². The van der Waals surface area contributed by atoms with Crippen molar-refractivity contribution in [2.45, 2.75) is 44.4 Å². The number of nitrogens with one attached hydrogen (secondary N) is 1. The van der Waals surface area contributed by atoms with Gasteiger partial charge in [0.2, 0.25) is 5.91 Å². The van der Waals surface area contributed by atoms with Crippen LogP contribution in [0.1, 0.15) is 48.4 Å². The van der Waals surface area contributed by atoms with Crippen LogP contribution in [0, 0.1) is 11.7 Å². The fourth-order valence-electron chi connectivity index (χ4n) is 4.74. The van der Waals surface area contributed by atoms with E-state index in [2.05, 4.69) is 17.4 Å². The lowest BCUT2D eigenvalue weighted by Gasteiger charge is -2.23. The van der Waals surface area contributed by atoms with Crippen LogP contribution in [-0.4, -0.2) is 46.5 Å². The van der Waals surface area contributed by atoms with E-state index in [1.165, 1.54) is 17.7 Å². The van der Waals surface area contributed by atoms with Crippen molar-refractivity contribution in [1.82, 2.24) is 9.88 Å². The quantitative estimate of drug-likeness (QED) is 0.675. The minimum absolute atomic E-state index is 0.0319. The van der Waals surface area contributed by atoms with Crippen LogP contribution in [0.25, 0.3) is 0 Å². The van der Waals surface area contributed by atoms with E-state index in [-0.39, 0.29) is 12.3 Å². The maximum atomic E-state index is 13.7. The average molecular weight is 426 g/mol. The molecule has 31 heavy (non-hydrogen) atoms. The van der Waals surface area contributed by atoms with Gasteiger partial charge in [-0.3, -0.25) is 9.59 Å². The fourth-order valence-corrected chi connectivity index (χ4v) is 4.74. The number of fused-ring (bicyclic) bond motifs is 1. The van der Waals surface area contributed by atoms with Gasteiger partial charge in [-0.2, -0.15) is 0 Å². The first-order valence-corrected chi connectivity index (χ1v) is 11.0. The highest BCUT2D eigenvalue weighted by molar-refractivity contribution is 5.83. The number of hydrogen-bond acceptors (Lipinski definition) is 4. The van der Waals surface area contributed by atoms with Crippen molar-refractivity contribution in [3.05, 3.63) is 59.0 Å². The minimum Gasteiger partial charge on any atom is -0.481 e. The van der Waals surface area contributed by atoms with E-state index < -0.39 is 23.6 Å². The standard InChI is InChI=1S/C24H28FN3O3/c25-18-6-1-4-17(14-18)21(15-22(29)30)20-10-13-28(24(20)31)12-3-7-19-9-8-16-5-2-11-26-23(16)27-19/h1,4,6,8-9,14,20-21H,2-3,5,7,10-13,15H2,(H,26,27)(H,29,30). The third-order valence-corrected chi connectivity index (χ3v) is 6.31. The predicted molar refractivity (Wildman–Crippen MR) is 115 cm³/mol. The van der Waals surface area contributed by atoms with Gasteiger partial charge in [0, 0.05) is 37.2 Å². The first-order valence-electron chi connectivity index (χ1n) is 11.0. The van der Waals surface area contributed by atoms with Gasteiger partial charge in [0.05, 0.1) is 6.42 Å². The number of likely N-dealkylation sites (tertiary alicyclic amines) is 1.